The van der Waals surface area contributed by atoms with Crippen LogP contribution < -0.4 is 20.1 Å². The lowest BCUT2D eigenvalue weighted by molar-refractivity contribution is -0.115. The van der Waals surface area contributed by atoms with Gasteiger partial charge in [-0.25, -0.2) is 9.18 Å². The van der Waals surface area contributed by atoms with Gasteiger partial charge in [-0.1, -0.05) is 23.7 Å². The summed E-state index contributed by atoms with van der Waals surface area (Å²) in [5, 5.41) is 4.74. The molecule has 0 aliphatic carbocycles. The number of rotatable bonds is 5. The van der Waals surface area contributed by atoms with Crippen molar-refractivity contribution in [2.75, 3.05) is 7.11 Å². The molecule has 0 spiro atoms. The molecule has 0 unspecified atom stereocenters. The highest BCUT2D eigenvalue weighted by Gasteiger charge is 2.23. The van der Waals surface area contributed by atoms with E-state index < -0.39 is 11.9 Å². The van der Waals surface area contributed by atoms with E-state index in [1.165, 1.54) is 25.3 Å². The summed E-state index contributed by atoms with van der Waals surface area (Å²) in [6.07, 6.45) is 1.46. The van der Waals surface area contributed by atoms with Crippen LogP contribution in [-0.4, -0.2) is 19.0 Å². The van der Waals surface area contributed by atoms with Gasteiger partial charge in [0.1, 0.15) is 18.1 Å². The molecular weight excluding hydrogens is 363 g/mol. The Bertz CT molecular complexity index is 914. The van der Waals surface area contributed by atoms with Crippen molar-refractivity contribution in [1.29, 1.82) is 0 Å². The molecule has 1 aliphatic rings. The first kappa shape index (κ1) is 17.8. The standard InChI is InChI=1S/C18H14ClFN2O4/c1-25-15-8-11(7-14-17(23)22-18(24)21-14)6-13(19)16(15)26-9-10-3-2-4-12(20)5-10/h2-8H,9H2,1H3,(H2,21,22,23,24)/b14-7-. The molecule has 0 aromatic heterocycles. The van der Waals surface area contributed by atoms with Crippen LogP contribution in [0.1, 0.15) is 11.1 Å². The summed E-state index contributed by atoms with van der Waals surface area (Å²) >= 11 is 6.27. The molecule has 134 valence electrons. The number of carbonyl (C=O) groups is 2. The number of urea groups is 1. The number of hydrogen-bond donors (Lipinski definition) is 2. The third-order valence-electron chi connectivity index (χ3n) is 3.55. The molecule has 6 nitrogen and oxygen atoms in total. The van der Waals surface area contributed by atoms with Gasteiger partial charge in [0.2, 0.25) is 0 Å². The number of imide groups is 1. The predicted octanol–water partition coefficient (Wildman–Crippen LogP) is 3.25. The summed E-state index contributed by atoms with van der Waals surface area (Å²) in [4.78, 5) is 22.8. The average molecular weight is 377 g/mol. The molecule has 8 heteroatoms. The van der Waals surface area contributed by atoms with Crippen molar-refractivity contribution >= 4 is 29.6 Å². The van der Waals surface area contributed by atoms with E-state index in [4.69, 9.17) is 21.1 Å². The highest BCUT2D eigenvalue weighted by molar-refractivity contribution is 6.32. The molecule has 2 aromatic carbocycles. The lowest BCUT2D eigenvalue weighted by atomic mass is 10.1. The summed E-state index contributed by atoms with van der Waals surface area (Å²) in [6, 6.07) is 8.60. The van der Waals surface area contributed by atoms with Crippen molar-refractivity contribution in [3.8, 4) is 11.5 Å². The fourth-order valence-corrected chi connectivity index (χ4v) is 2.67. The summed E-state index contributed by atoms with van der Waals surface area (Å²) in [7, 11) is 1.45. The highest BCUT2D eigenvalue weighted by Crippen LogP contribution is 2.37. The summed E-state index contributed by atoms with van der Waals surface area (Å²) in [6.45, 7) is 0.104. The van der Waals surface area contributed by atoms with Crippen molar-refractivity contribution in [2.45, 2.75) is 6.61 Å². The van der Waals surface area contributed by atoms with Crippen molar-refractivity contribution in [3.05, 3.63) is 64.1 Å². The van der Waals surface area contributed by atoms with Crippen LogP contribution >= 0.6 is 11.6 Å². The second-order valence-electron chi connectivity index (χ2n) is 5.42. The number of ether oxygens (including phenoxy) is 2. The number of carbonyl (C=O) groups excluding carboxylic acids is 2. The molecule has 3 amide bonds. The Balaban J connectivity index is 1.84. The maximum atomic E-state index is 13.2. The Hall–Kier alpha value is -3.06. The van der Waals surface area contributed by atoms with E-state index in [9.17, 15) is 14.0 Å². The molecule has 26 heavy (non-hydrogen) atoms. The van der Waals surface area contributed by atoms with Gasteiger partial charge >= 0.3 is 6.03 Å². The Morgan fingerprint density at radius 3 is 2.65 bits per heavy atom. The Kier molecular flexibility index (Phi) is 5.09. The third kappa shape index (κ3) is 3.94. The zero-order valence-electron chi connectivity index (χ0n) is 13.6. The van der Waals surface area contributed by atoms with Crippen molar-refractivity contribution in [3.63, 3.8) is 0 Å². The van der Waals surface area contributed by atoms with Gasteiger partial charge in [0.15, 0.2) is 11.5 Å². The second kappa shape index (κ2) is 7.45. The topological polar surface area (TPSA) is 76.7 Å². The molecule has 0 radical (unpaired) electrons. The van der Waals surface area contributed by atoms with Crippen LogP contribution in [0, 0.1) is 5.82 Å². The molecule has 2 aromatic rings. The average Bonchev–Trinajstić information content (AvgIpc) is 2.90. The molecule has 1 saturated heterocycles. The first-order valence-electron chi connectivity index (χ1n) is 7.55. The van der Waals surface area contributed by atoms with Gasteiger partial charge in [-0.3, -0.25) is 10.1 Å². The highest BCUT2D eigenvalue weighted by atomic mass is 35.5. The largest absolute Gasteiger partial charge is 0.493 e. The van der Waals surface area contributed by atoms with E-state index in [0.717, 1.165) is 0 Å². The molecular formula is C18H14ClFN2O4. The van der Waals surface area contributed by atoms with Crippen molar-refractivity contribution in [1.82, 2.24) is 10.6 Å². The van der Waals surface area contributed by atoms with E-state index in [-0.39, 0.29) is 23.1 Å². The van der Waals surface area contributed by atoms with E-state index >= 15 is 0 Å². The molecule has 3 rings (SSSR count). The minimum Gasteiger partial charge on any atom is -0.493 e. The van der Waals surface area contributed by atoms with Gasteiger partial charge in [-0.05, 0) is 41.5 Å². The van der Waals surface area contributed by atoms with Gasteiger partial charge in [-0.2, -0.15) is 0 Å². The molecule has 0 atom stereocenters. The van der Waals surface area contributed by atoms with Gasteiger partial charge in [0.05, 0.1) is 12.1 Å². The zero-order chi connectivity index (χ0) is 18.7. The quantitative estimate of drug-likeness (QED) is 0.620. The normalized spacial score (nSPS) is 15.0. The Morgan fingerprint density at radius 2 is 2.00 bits per heavy atom. The summed E-state index contributed by atoms with van der Waals surface area (Å²) in [5.41, 5.74) is 1.28. The number of benzene rings is 2. The van der Waals surface area contributed by atoms with Crippen LogP contribution in [0.15, 0.2) is 42.1 Å². The van der Waals surface area contributed by atoms with Gasteiger partial charge in [0.25, 0.3) is 5.91 Å². The van der Waals surface area contributed by atoms with Crippen LogP contribution in [0.4, 0.5) is 9.18 Å². The first-order chi connectivity index (χ1) is 12.5. The summed E-state index contributed by atoms with van der Waals surface area (Å²) < 4.78 is 24.2. The number of methoxy groups -OCH3 is 1. The number of halogens is 2. The van der Waals surface area contributed by atoms with Gasteiger partial charge in [0, 0.05) is 0 Å². The fourth-order valence-electron chi connectivity index (χ4n) is 2.39. The molecule has 0 saturated carbocycles. The van der Waals surface area contributed by atoms with Gasteiger partial charge < -0.3 is 14.8 Å². The van der Waals surface area contributed by atoms with E-state index in [0.29, 0.717) is 22.6 Å². The van der Waals surface area contributed by atoms with Crippen molar-refractivity contribution in [2.24, 2.45) is 0 Å². The molecule has 2 N–H and O–H groups in total. The smallest absolute Gasteiger partial charge is 0.326 e. The van der Waals surface area contributed by atoms with Crippen LogP contribution in [0.25, 0.3) is 6.08 Å². The van der Waals surface area contributed by atoms with Gasteiger partial charge in [-0.15, -0.1) is 0 Å². The Labute approximate surface area is 153 Å². The maximum absolute atomic E-state index is 13.2. The second-order valence-corrected chi connectivity index (χ2v) is 5.83. The third-order valence-corrected chi connectivity index (χ3v) is 3.84. The number of amides is 3. The van der Waals surface area contributed by atoms with Crippen LogP contribution in [0.5, 0.6) is 11.5 Å². The number of nitrogens with one attached hydrogen (secondary N) is 2. The maximum Gasteiger partial charge on any atom is 0.326 e. The van der Waals surface area contributed by atoms with E-state index in [2.05, 4.69) is 10.6 Å². The van der Waals surface area contributed by atoms with Crippen molar-refractivity contribution < 1.29 is 23.5 Å². The van der Waals surface area contributed by atoms with Crippen LogP contribution in [0.2, 0.25) is 5.02 Å². The molecule has 1 fully saturated rings. The minimum absolute atomic E-state index is 0.0987. The van der Waals surface area contributed by atoms with E-state index in [1.54, 1.807) is 24.3 Å². The fraction of sp³-hybridized carbons (Fsp3) is 0.111. The summed E-state index contributed by atoms with van der Waals surface area (Å²) in [5.74, 6) is -0.259. The van der Waals surface area contributed by atoms with E-state index in [1.807, 2.05) is 0 Å². The lowest BCUT2D eigenvalue weighted by Crippen LogP contribution is -2.22. The zero-order valence-corrected chi connectivity index (χ0v) is 14.4. The predicted molar refractivity (Wildman–Crippen MR) is 93.4 cm³/mol. The Morgan fingerprint density at radius 1 is 1.19 bits per heavy atom. The monoisotopic (exact) mass is 376 g/mol. The van der Waals surface area contributed by atoms with Crippen LogP contribution in [0.3, 0.4) is 0 Å². The van der Waals surface area contributed by atoms with Crippen LogP contribution in [-0.2, 0) is 11.4 Å². The molecule has 1 aliphatic heterocycles. The SMILES string of the molecule is COc1cc(/C=C2\NC(=O)NC2=O)cc(Cl)c1OCc1cccc(F)c1. The molecule has 1 heterocycles. The number of hydrogen-bond acceptors (Lipinski definition) is 4. The minimum atomic E-state index is -0.589. The first-order valence-corrected chi connectivity index (χ1v) is 7.93. The lowest BCUT2D eigenvalue weighted by Gasteiger charge is -2.13. The molecule has 0 bridgehead atoms.